The molecule has 5 nitrogen and oxygen atoms in total. The molecule has 0 atom stereocenters. The van der Waals surface area contributed by atoms with Crippen LogP contribution in [0.1, 0.15) is 10.4 Å². The number of H-pyrrole nitrogens is 1. The Morgan fingerprint density at radius 2 is 2.05 bits per heavy atom. The second kappa shape index (κ2) is 5.17. The van der Waals surface area contributed by atoms with E-state index in [1.165, 1.54) is 12.1 Å². The quantitative estimate of drug-likeness (QED) is 0.744. The van der Waals surface area contributed by atoms with Crippen LogP contribution in [-0.4, -0.2) is 10.9 Å². The molecule has 0 saturated carbocycles. The summed E-state index contributed by atoms with van der Waals surface area (Å²) < 4.78 is 18.6. The molecule has 1 aromatic heterocycles. The number of carbonyl (C=O) groups excluding carboxylic acids is 1. The Hall–Kier alpha value is -2.41. The maximum atomic E-state index is 13.2. The number of oxazole rings is 1. The summed E-state index contributed by atoms with van der Waals surface area (Å²) >= 11 is 3.20. The van der Waals surface area contributed by atoms with E-state index in [1.807, 2.05) is 0 Å². The third-order valence-electron chi connectivity index (χ3n) is 2.85. The number of amides is 1. The molecule has 0 aliphatic rings. The lowest BCUT2D eigenvalue weighted by atomic mass is 10.2. The van der Waals surface area contributed by atoms with E-state index < -0.39 is 17.5 Å². The fourth-order valence-electron chi connectivity index (χ4n) is 1.90. The number of rotatable bonds is 2. The van der Waals surface area contributed by atoms with Crippen molar-refractivity contribution < 1.29 is 13.6 Å². The molecule has 0 aliphatic carbocycles. The molecule has 2 aromatic carbocycles. The molecule has 3 rings (SSSR count). The molecule has 0 aliphatic heterocycles. The van der Waals surface area contributed by atoms with Crippen molar-refractivity contribution in [1.29, 1.82) is 0 Å². The van der Waals surface area contributed by atoms with Gasteiger partial charge in [-0.1, -0.05) is 0 Å². The lowest BCUT2D eigenvalue weighted by molar-refractivity contribution is 0.102. The number of halogens is 2. The second-order valence-electron chi connectivity index (χ2n) is 4.30. The Morgan fingerprint density at radius 3 is 2.86 bits per heavy atom. The molecule has 1 heterocycles. The van der Waals surface area contributed by atoms with E-state index in [1.54, 1.807) is 18.2 Å². The van der Waals surface area contributed by atoms with Gasteiger partial charge in [0, 0.05) is 10.2 Å². The number of carbonyl (C=O) groups is 1. The van der Waals surface area contributed by atoms with Crippen molar-refractivity contribution in [3.05, 3.63) is 62.8 Å². The first-order valence-electron chi connectivity index (χ1n) is 5.92. The van der Waals surface area contributed by atoms with Crippen LogP contribution in [0, 0.1) is 5.82 Å². The SMILES string of the molecule is O=C(Nc1ccc2oc(=O)[nH]c2c1)c1cc(F)ccc1Br. The zero-order valence-electron chi connectivity index (χ0n) is 10.4. The highest BCUT2D eigenvalue weighted by molar-refractivity contribution is 9.10. The molecule has 0 bridgehead atoms. The van der Waals surface area contributed by atoms with Gasteiger partial charge in [-0.15, -0.1) is 0 Å². The van der Waals surface area contributed by atoms with Gasteiger partial charge in [0.2, 0.25) is 0 Å². The van der Waals surface area contributed by atoms with E-state index in [2.05, 4.69) is 26.2 Å². The Bertz CT molecular complexity index is 901. The minimum atomic E-state index is -0.568. The monoisotopic (exact) mass is 350 g/mol. The summed E-state index contributed by atoms with van der Waals surface area (Å²) in [5.41, 5.74) is 1.50. The van der Waals surface area contributed by atoms with Crippen LogP contribution < -0.4 is 11.1 Å². The Balaban J connectivity index is 1.92. The van der Waals surface area contributed by atoms with E-state index in [4.69, 9.17) is 4.42 Å². The van der Waals surface area contributed by atoms with Crippen molar-refractivity contribution in [2.24, 2.45) is 0 Å². The van der Waals surface area contributed by atoms with Gasteiger partial charge in [0.25, 0.3) is 5.91 Å². The van der Waals surface area contributed by atoms with E-state index in [-0.39, 0.29) is 5.56 Å². The van der Waals surface area contributed by atoms with Crippen molar-refractivity contribution in [3.8, 4) is 0 Å². The first-order valence-corrected chi connectivity index (χ1v) is 6.71. The van der Waals surface area contributed by atoms with Gasteiger partial charge >= 0.3 is 5.76 Å². The van der Waals surface area contributed by atoms with E-state index in [9.17, 15) is 14.0 Å². The molecule has 0 unspecified atom stereocenters. The first-order chi connectivity index (χ1) is 10.0. The second-order valence-corrected chi connectivity index (χ2v) is 5.16. The maximum Gasteiger partial charge on any atom is 0.417 e. The van der Waals surface area contributed by atoms with Gasteiger partial charge in [-0.3, -0.25) is 9.78 Å². The van der Waals surface area contributed by atoms with Gasteiger partial charge in [0.05, 0.1) is 11.1 Å². The molecule has 106 valence electrons. The molecule has 1 amide bonds. The van der Waals surface area contributed by atoms with Gasteiger partial charge in [0.1, 0.15) is 5.82 Å². The highest BCUT2D eigenvalue weighted by Crippen LogP contribution is 2.21. The van der Waals surface area contributed by atoms with Crippen LogP contribution in [0.2, 0.25) is 0 Å². The minimum Gasteiger partial charge on any atom is -0.408 e. The third kappa shape index (κ3) is 2.73. The average Bonchev–Trinajstić information content (AvgIpc) is 2.80. The van der Waals surface area contributed by atoms with Crippen LogP contribution in [0.5, 0.6) is 0 Å². The van der Waals surface area contributed by atoms with Crippen molar-refractivity contribution >= 4 is 38.6 Å². The molecular weight excluding hydrogens is 343 g/mol. The smallest absolute Gasteiger partial charge is 0.408 e. The van der Waals surface area contributed by atoms with Crippen LogP contribution in [0.3, 0.4) is 0 Å². The number of nitrogens with one attached hydrogen (secondary N) is 2. The Morgan fingerprint density at radius 1 is 1.24 bits per heavy atom. The molecule has 7 heteroatoms. The van der Waals surface area contributed by atoms with Gasteiger partial charge in [-0.2, -0.15) is 0 Å². The van der Waals surface area contributed by atoms with Crippen LogP contribution >= 0.6 is 15.9 Å². The van der Waals surface area contributed by atoms with Crippen LogP contribution in [0.4, 0.5) is 10.1 Å². The predicted octanol–water partition coefficient (Wildman–Crippen LogP) is 3.28. The molecule has 0 radical (unpaired) electrons. The van der Waals surface area contributed by atoms with Crippen molar-refractivity contribution in [3.63, 3.8) is 0 Å². The van der Waals surface area contributed by atoms with E-state index >= 15 is 0 Å². The average molecular weight is 351 g/mol. The number of anilines is 1. The Kier molecular flexibility index (Phi) is 3.34. The van der Waals surface area contributed by atoms with Gasteiger partial charge < -0.3 is 9.73 Å². The standard InChI is InChI=1S/C14H8BrFN2O3/c15-10-3-1-7(16)5-9(10)13(19)17-8-2-4-12-11(6-8)18-14(20)21-12/h1-6H,(H,17,19)(H,18,20). The summed E-state index contributed by atoms with van der Waals surface area (Å²) in [6.07, 6.45) is 0. The lowest BCUT2D eigenvalue weighted by Crippen LogP contribution is -2.12. The summed E-state index contributed by atoms with van der Waals surface area (Å²) in [5, 5.41) is 2.63. The number of fused-ring (bicyclic) bond motifs is 1. The molecule has 0 fully saturated rings. The highest BCUT2D eigenvalue weighted by Gasteiger charge is 2.12. The number of hydrogen-bond acceptors (Lipinski definition) is 3. The topological polar surface area (TPSA) is 75.1 Å². The molecular formula is C14H8BrFN2O3. The molecule has 0 saturated heterocycles. The van der Waals surface area contributed by atoms with Crippen LogP contribution in [0.25, 0.3) is 11.1 Å². The zero-order chi connectivity index (χ0) is 15.0. The number of benzene rings is 2. The molecule has 3 aromatic rings. The largest absolute Gasteiger partial charge is 0.417 e. The van der Waals surface area contributed by atoms with Gasteiger partial charge in [-0.05, 0) is 52.3 Å². The minimum absolute atomic E-state index is 0.177. The fourth-order valence-corrected chi connectivity index (χ4v) is 2.33. The summed E-state index contributed by atoms with van der Waals surface area (Å²) in [7, 11) is 0. The van der Waals surface area contributed by atoms with Gasteiger partial charge in [0.15, 0.2) is 5.58 Å². The normalized spacial score (nSPS) is 10.8. The summed E-state index contributed by atoms with van der Waals surface area (Å²) in [5.74, 6) is -1.54. The number of aromatic nitrogens is 1. The summed E-state index contributed by atoms with van der Waals surface area (Å²) in [4.78, 5) is 25.7. The fraction of sp³-hybridized carbons (Fsp3) is 0. The molecule has 21 heavy (non-hydrogen) atoms. The van der Waals surface area contributed by atoms with Crippen molar-refractivity contribution in [1.82, 2.24) is 4.98 Å². The van der Waals surface area contributed by atoms with Crippen molar-refractivity contribution in [2.75, 3.05) is 5.32 Å². The third-order valence-corrected chi connectivity index (χ3v) is 3.54. The number of aromatic amines is 1. The number of hydrogen-bond donors (Lipinski definition) is 2. The van der Waals surface area contributed by atoms with Crippen LogP contribution in [-0.2, 0) is 0 Å². The zero-order valence-corrected chi connectivity index (χ0v) is 12.0. The highest BCUT2D eigenvalue weighted by atomic mass is 79.9. The summed E-state index contributed by atoms with van der Waals surface area (Å²) in [6.45, 7) is 0. The van der Waals surface area contributed by atoms with Crippen molar-refractivity contribution in [2.45, 2.75) is 0 Å². The van der Waals surface area contributed by atoms with E-state index in [0.29, 0.717) is 21.3 Å². The maximum absolute atomic E-state index is 13.2. The molecule has 0 spiro atoms. The molecule has 2 N–H and O–H groups in total. The van der Waals surface area contributed by atoms with E-state index in [0.717, 1.165) is 6.07 Å². The Labute approximate surface area is 125 Å². The van der Waals surface area contributed by atoms with Gasteiger partial charge in [-0.25, -0.2) is 9.18 Å². The predicted molar refractivity (Wildman–Crippen MR) is 78.9 cm³/mol. The van der Waals surface area contributed by atoms with Crippen LogP contribution in [0.15, 0.2) is 50.1 Å². The summed E-state index contributed by atoms with van der Waals surface area (Å²) in [6, 6.07) is 8.56. The lowest BCUT2D eigenvalue weighted by Gasteiger charge is -2.07. The first kappa shape index (κ1) is 13.6.